The van der Waals surface area contributed by atoms with Crippen LogP contribution in [-0.2, 0) is 6.54 Å². The summed E-state index contributed by atoms with van der Waals surface area (Å²) in [4.78, 5) is 37.8. The summed E-state index contributed by atoms with van der Waals surface area (Å²) in [6, 6.07) is 8.03. The molecule has 2 aliphatic heterocycles. The Balaban J connectivity index is 1.57. The Morgan fingerprint density at radius 3 is 2.52 bits per heavy atom. The van der Waals surface area contributed by atoms with Crippen LogP contribution in [0.2, 0.25) is 0 Å². The molecule has 2 amide bonds. The Morgan fingerprint density at radius 1 is 1.03 bits per heavy atom. The smallest absolute Gasteiger partial charge is 0.273 e. The number of hydrogen-bond donors (Lipinski definition) is 0. The first-order valence-electron chi connectivity index (χ1n) is 10.8. The standard InChI is InChI=1S/C23H28N4O2/c1-25-11-13-26(14-12-25)22(28)20-17-9-5-6-10-19(17)24-21-18(20)15-27(23(21)29)16-7-3-2-4-8-16/h5-6,9-10,16H,2-4,7-8,11-15H2,1H3. The number of carbonyl (C=O) groups is 2. The van der Waals surface area contributed by atoms with Crippen LogP contribution in [0.5, 0.6) is 0 Å². The molecule has 0 atom stereocenters. The largest absolute Gasteiger partial charge is 0.336 e. The number of rotatable bonds is 2. The maximum atomic E-state index is 13.6. The third-order valence-corrected chi connectivity index (χ3v) is 6.80. The van der Waals surface area contributed by atoms with E-state index >= 15 is 0 Å². The first-order valence-corrected chi connectivity index (χ1v) is 10.8. The molecule has 1 aromatic carbocycles. The van der Waals surface area contributed by atoms with E-state index in [9.17, 15) is 9.59 Å². The SMILES string of the molecule is CN1CCN(C(=O)c2c3c(nc4ccccc24)C(=O)N(C2CCCCC2)C3)CC1. The van der Waals surface area contributed by atoms with E-state index in [-0.39, 0.29) is 17.9 Å². The van der Waals surface area contributed by atoms with Gasteiger partial charge in [0, 0.05) is 49.7 Å². The monoisotopic (exact) mass is 392 g/mol. The molecule has 0 N–H and O–H groups in total. The van der Waals surface area contributed by atoms with Crippen LogP contribution in [0.25, 0.3) is 10.9 Å². The molecule has 1 aliphatic carbocycles. The molecule has 0 bridgehead atoms. The van der Waals surface area contributed by atoms with Crippen LogP contribution in [0.15, 0.2) is 24.3 Å². The predicted octanol–water partition coefficient (Wildman–Crippen LogP) is 2.91. The van der Waals surface area contributed by atoms with Crippen LogP contribution < -0.4 is 0 Å². The summed E-state index contributed by atoms with van der Waals surface area (Å²) in [5.74, 6) is 0.0522. The highest BCUT2D eigenvalue weighted by atomic mass is 16.2. The molecule has 6 heteroatoms. The van der Waals surface area contributed by atoms with Gasteiger partial charge in [-0.05, 0) is 26.0 Å². The van der Waals surface area contributed by atoms with Crippen molar-refractivity contribution in [2.24, 2.45) is 0 Å². The molecule has 3 heterocycles. The first kappa shape index (κ1) is 18.6. The zero-order chi connectivity index (χ0) is 20.0. The van der Waals surface area contributed by atoms with Gasteiger partial charge in [-0.1, -0.05) is 37.5 Å². The van der Waals surface area contributed by atoms with Crippen LogP contribution in [0.1, 0.15) is 58.5 Å². The lowest BCUT2D eigenvalue weighted by Crippen LogP contribution is -2.47. The van der Waals surface area contributed by atoms with E-state index < -0.39 is 0 Å². The van der Waals surface area contributed by atoms with E-state index in [4.69, 9.17) is 4.98 Å². The zero-order valence-corrected chi connectivity index (χ0v) is 17.1. The lowest BCUT2D eigenvalue weighted by molar-refractivity contribution is 0.0641. The van der Waals surface area contributed by atoms with Crippen molar-refractivity contribution in [1.82, 2.24) is 19.7 Å². The Bertz CT molecular complexity index is 959. The van der Waals surface area contributed by atoms with Gasteiger partial charge >= 0.3 is 0 Å². The van der Waals surface area contributed by atoms with Crippen LogP contribution in [0, 0.1) is 0 Å². The van der Waals surface area contributed by atoms with Crippen molar-refractivity contribution in [3.05, 3.63) is 41.1 Å². The molecule has 2 aromatic rings. The molecule has 152 valence electrons. The average Bonchev–Trinajstić information content (AvgIpc) is 3.09. The summed E-state index contributed by atoms with van der Waals surface area (Å²) in [5, 5.41) is 0.869. The summed E-state index contributed by atoms with van der Waals surface area (Å²) in [7, 11) is 2.09. The zero-order valence-electron chi connectivity index (χ0n) is 17.1. The topological polar surface area (TPSA) is 56.8 Å². The molecular weight excluding hydrogens is 364 g/mol. The Labute approximate surface area is 171 Å². The van der Waals surface area contributed by atoms with Crippen molar-refractivity contribution < 1.29 is 9.59 Å². The van der Waals surface area contributed by atoms with Gasteiger partial charge in [0.1, 0.15) is 5.69 Å². The van der Waals surface area contributed by atoms with Crippen molar-refractivity contribution >= 4 is 22.7 Å². The van der Waals surface area contributed by atoms with Gasteiger partial charge in [-0.3, -0.25) is 9.59 Å². The summed E-state index contributed by atoms with van der Waals surface area (Å²) in [6.07, 6.45) is 5.71. The quantitative estimate of drug-likeness (QED) is 0.789. The third-order valence-electron chi connectivity index (χ3n) is 6.80. The molecule has 0 spiro atoms. The van der Waals surface area contributed by atoms with E-state index in [2.05, 4.69) is 11.9 Å². The fraction of sp³-hybridized carbons (Fsp3) is 0.522. The van der Waals surface area contributed by atoms with Gasteiger partial charge in [0.15, 0.2) is 0 Å². The molecule has 29 heavy (non-hydrogen) atoms. The van der Waals surface area contributed by atoms with Gasteiger partial charge in [0.25, 0.3) is 11.8 Å². The van der Waals surface area contributed by atoms with Crippen molar-refractivity contribution in [2.75, 3.05) is 33.2 Å². The van der Waals surface area contributed by atoms with Crippen molar-refractivity contribution in [3.8, 4) is 0 Å². The number of piperazine rings is 1. The van der Waals surface area contributed by atoms with Gasteiger partial charge in [0.2, 0.25) is 0 Å². The van der Waals surface area contributed by atoms with Gasteiger partial charge in [-0.2, -0.15) is 0 Å². The number of likely N-dealkylation sites (N-methyl/N-ethyl adjacent to an activating group) is 1. The third kappa shape index (κ3) is 3.19. The Morgan fingerprint density at radius 2 is 1.76 bits per heavy atom. The molecule has 1 saturated heterocycles. The van der Waals surface area contributed by atoms with Gasteiger partial charge < -0.3 is 14.7 Å². The lowest BCUT2D eigenvalue weighted by Gasteiger charge is -2.33. The number of hydrogen-bond acceptors (Lipinski definition) is 4. The molecule has 0 unspecified atom stereocenters. The fourth-order valence-corrected chi connectivity index (χ4v) is 5.06. The lowest BCUT2D eigenvalue weighted by atomic mass is 9.94. The second kappa shape index (κ2) is 7.41. The maximum absolute atomic E-state index is 13.6. The molecule has 0 radical (unpaired) electrons. The van der Waals surface area contributed by atoms with Gasteiger partial charge in [-0.15, -0.1) is 0 Å². The minimum Gasteiger partial charge on any atom is -0.336 e. The van der Waals surface area contributed by atoms with E-state index in [1.165, 1.54) is 19.3 Å². The molecule has 1 aromatic heterocycles. The van der Waals surface area contributed by atoms with E-state index in [1.54, 1.807) is 0 Å². The number of pyridine rings is 1. The van der Waals surface area contributed by atoms with E-state index in [0.717, 1.165) is 55.5 Å². The predicted molar refractivity (Wildman–Crippen MR) is 112 cm³/mol. The number of benzene rings is 1. The molecule has 1 saturated carbocycles. The van der Waals surface area contributed by atoms with Crippen LogP contribution in [0.3, 0.4) is 0 Å². The van der Waals surface area contributed by atoms with Gasteiger partial charge in [0.05, 0.1) is 11.1 Å². The number of nitrogens with zero attached hydrogens (tertiary/aromatic N) is 4. The highest BCUT2D eigenvalue weighted by Gasteiger charge is 2.38. The molecule has 5 rings (SSSR count). The molecular formula is C23H28N4O2. The number of para-hydroxylation sites is 1. The Hall–Kier alpha value is -2.47. The van der Waals surface area contributed by atoms with Gasteiger partial charge in [-0.25, -0.2) is 4.98 Å². The number of fused-ring (bicyclic) bond motifs is 2. The number of carbonyl (C=O) groups excluding carboxylic acids is 2. The number of amides is 2. The van der Waals surface area contributed by atoms with Crippen LogP contribution >= 0.6 is 0 Å². The van der Waals surface area contributed by atoms with Crippen molar-refractivity contribution in [1.29, 1.82) is 0 Å². The summed E-state index contributed by atoms with van der Waals surface area (Å²) in [6.45, 7) is 3.72. The van der Waals surface area contributed by atoms with E-state index in [1.807, 2.05) is 34.1 Å². The molecule has 3 aliphatic rings. The minimum atomic E-state index is 0.00470. The summed E-state index contributed by atoms with van der Waals surface area (Å²) in [5.41, 5.74) is 2.76. The summed E-state index contributed by atoms with van der Waals surface area (Å²) >= 11 is 0. The highest BCUT2D eigenvalue weighted by molar-refractivity contribution is 6.11. The van der Waals surface area contributed by atoms with Crippen LogP contribution in [-0.4, -0.2) is 70.8 Å². The number of aromatic nitrogens is 1. The maximum Gasteiger partial charge on any atom is 0.273 e. The normalized spacial score (nSPS) is 21.1. The molecule has 2 fully saturated rings. The Kier molecular flexibility index (Phi) is 4.74. The average molecular weight is 393 g/mol. The molecule has 6 nitrogen and oxygen atoms in total. The fourth-order valence-electron chi connectivity index (χ4n) is 5.06. The highest BCUT2D eigenvalue weighted by Crippen LogP contribution is 2.35. The van der Waals surface area contributed by atoms with E-state index in [0.29, 0.717) is 17.8 Å². The second-order valence-corrected chi connectivity index (χ2v) is 8.65. The first-order chi connectivity index (χ1) is 14.1. The minimum absolute atomic E-state index is 0.00470. The summed E-state index contributed by atoms with van der Waals surface area (Å²) < 4.78 is 0. The van der Waals surface area contributed by atoms with Crippen LogP contribution in [0.4, 0.5) is 0 Å². The van der Waals surface area contributed by atoms with Crippen molar-refractivity contribution in [2.45, 2.75) is 44.7 Å². The van der Waals surface area contributed by atoms with Crippen molar-refractivity contribution in [3.63, 3.8) is 0 Å². The second-order valence-electron chi connectivity index (χ2n) is 8.65.